The Kier molecular flexibility index (Phi) is 1.19. The molecule has 0 saturated heterocycles. The number of carbonyl (C=O) groups excluding carboxylic acids is 1. The Morgan fingerprint density at radius 3 is 2.64 bits per heavy atom. The fraction of sp³-hybridized carbons (Fsp3) is 0.100. The quantitative estimate of drug-likeness (QED) is 0.507. The lowest BCUT2D eigenvalue weighted by atomic mass is 10.0. The molecule has 0 amide bonds. The summed E-state index contributed by atoms with van der Waals surface area (Å²) in [7, 11) is 0. The molecule has 0 saturated carbocycles. The van der Waals surface area contributed by atoms with Gasteiger partial charge in [-0.05, 0) is 35.8 Å². The molecular weight excluding hydrogens is 136 g/mol. The van der Waals surface area contributed by atoms with E-state index >= 15 is 0 Å². The summed E-state index contributed by atoms with van der Waals surface area (Å²) in [6.45, 7) is 2.03. The average molecular weight is 144 g/mol. The normalized spacial score (nSPS) is 20.8. The minimum absolute atomic E-state index is 0.0862. The van der Waals surface area contributed by atoms with Crippen LogP contribution in [0.2, 0.25) is 0 Å². The minimum Gasteiger partial charge on any atom is -0.290 e. The highest BCUT2D eigenvalue weighted by Crippen LogP contribution is 2.26. The van der Waals surface area contributed by atoms with Crippen LogP contribution in [0.1, 0.15) is 6.92 Å². The summed E-state index contributed by atoms with van der Waals surface area (Å²) in [5, 5.41) is 0. The highest BCUT2D eigenvalue weighted by atomic mass is 16.1. The molecule has 2 aliphatic rings. The summed E-state index contributed by atoms with van der Waals surface area (Å²) < 4.78 is 0. The lowest BCUT2D eigenvalue weighted by Crippen LogP contribution is -1.95. The van der Waals surface area contributed by atoms with Crippen LogP contribution in [0, 0.1) is 0 Å². The van der Waals surface area contributed by atoms with Crippen molar-refractivity contribution in [2.75, 3.05) is 0 Å². The predicted molar refractivity (Wildman–Crippen MR) is 44.1 cm³/mol. The molecule has 0 aromatic carbocycles. The molecule has 0 N–H and O–H groups in total. The SMILES string of the molecule is CC1=CC2=CC(=O)C=CC2=C1. The van der Waals surface area contributed by atoms with Crippen LogP contribution in [0.25, 0.3) is 0 Å². The van der Waals surface area contributed by atoms with Crippen molar-refractivity contribution in [3.63, 3.8) is 0 Å². The first-order chi connectivity index (χ1) is 5.25. The molecule has 0 unspecified atom stereocenters. The molecule has 11 heavy (non-hydrogen) atoms. The molecular formula is C10H8O. The molecule has 0 fully saturated rings. The summed E-state index contributed by atoms with van der Waals surface area (Å²) in [4.78, 5) is 10.9. The standard InChI is InChI=1S/C10H8O/c1-7-4-8-2-3-10(11)6-9(8)5-7/h2-6H,1H3. The van der Waals surface area contributed by atoms with E-state index in [0.717, 1.165) is 11.1 Å². The Balaban J connectivity index is 2.50. The number of hydrogen-bond acceptors (Lipinski definition) is 1. The molecule has 0 spiro atoms. The van der Waals surface area contributed by atoms with Gasteiger partial charge < -0.3 is 0 Å². The van der Waals surface area contributed by atoms with Crippen molar-refractivity contribution >= 4 is 5.78 Å². The van der Waals surface area contributed by atoms with E-state index in [1.165, 1.54) is 5.57 Å². The number of hydrogen-bond donors (Lipinski definition) is 0. The number of rotatable bonds is 0. The van der Waals surface area contributed by atoms with E-state index < -0.39 is 0 Å². The van der Waals surface area contributed by atoms with Gasteiger partial charge in [0.05, 0.1) is 0 Å². The van der Waals surface area contributed by atoms with Crippen molar-refractivity contribution < 1.29 is 4.79 Å². The molecule has 0 bridgehead atoms. The van der Waals surface area contributed by atoms with Crippen LogP contribution in [-0.2, 0) is 4.79 Å². The summed E-state index contributed by atoms with van der Waals surface area (Å²) >= 11 is 0. The third-order valence-electron chi connectivity index (χ3n) is 1.82. The van der Waals surface area contributed by atoms with Crippen LogP contribution < -0.4 is 0 Å². The number of ketones is 1. The van der Waals surface area contributed by atoms with E-state index in [0.29, 0.717) is 0 Å². The van der Waals surface area contributed by atoms with Crippen LogP contribution in [0.3, 0.4) is 0 Å². The van der Waals surface area contributed by atoms with Crippen molar-refractivity contribution in [3.05, 3.63) is 47.1 Å². The smallest absolute Gasteiger partial charge is 0.179 e. The van der Waals surface area contributed by atoms with Crippen molar-refractivity contribution in [1.29, 1.82) is 0 Å². The Morgan fingerprint density at radius 1 is 1.00 bits per heavy atom. The van der Waals surface area contributed by atoms with Gasteiger partial charge in [0, 0.05) is 0 Å². The third kappa shape index (κ3) is 0.984. The predicted octanol–water partition coefficient (Wildman–Crippen LogP) is 1.94. The molecule has 0 heterocycles. The van der Waals surface area contributed by atoms with Crippen molar-refractivity contribution in [1.82, 2.24) is 0 Å². The van der Waals surface area contributed by atoms with E-state index in [-0.39, 0.29) is 5.78 Å². The van der Waals surface area contributed by atoms with Crippen LogP contribution in [0.5, 0.6) is 0 Å². The second-order valence-electron chi connectivity index (χ2n) is 2.82. The first-order valence-electron chi connectivity index (χ1n) is 3.60. The van der Waals surface area contributed by atoms with E-state index in [1.807, 2.05) is 19.1 Å². The van der Waals surface area contributed by atoms with Gasteiger partial charge in [0.2, 0.25) is 0 Å². The fourth-order valence-corrected chi connectivity index (χ4v) is 1.34. The van der Waals surface area contributed by atoms with Crippen LogP contribution in [0.15, 0.2) is 47.1 Å². The van der Waals surface area contributed by atoms with E-state index in [4.69, 9.17) is 0 Å². The maximum atomic E-state index is 10.9. The van der Waals surface area contributed by atoms with Gasteiger partial charge in [-0.1, -0.05) is 18.2 Å². The second kappa shape index (κ2) is 2.06. The topological polar surface area (TPSA) is 17.1 Å². The summed E-state index contributed by atoms with van der Waals surface area (Å²) in [6, 6.07) is 0. The molecule has 1 heteroatoms. The fourth-order valence-electron chi connectivity index (χ4n) is 1.34. The van der Waals surface area contributed by atoms with Crippen LogP contribution in [0.4, 0.5) is 0 Å². The van der Waals surface area contributed by atoms with Gasteiger partial charge in [0.15, 0.2) is 5.78 Å². The van der Waals surface area contributed by atoms with Crippen LogP contribution in [-0.4, -0.2) is 5.78 Å². The maximum absolute atomic E-state index is 10.9. The zero-order valence-electron chi connectivity index (χ0n) is 6.29. The number of allylic oxidation sites excluding steroid dienone is 8. The summed E-state index contributed by atoms with van der Waals surface area (Å²) in [5.74, 6) is 0.0862. The van der Waals surface area contributed by atoms with Gasteiger partial charge in [-0.15, -0.1) is 0 Å². The zero-order valence-corrected chi connectivity index (χ0v) is 6.29. The molecule has 2 rings (SSSR count). The molecule has 0 aromatic heterocycles. The molecule has 2 aliphatic carbocycles. The van der Waals surface area contributed by atoms with Crippen molar-refractivity contribution in [2.45, 2.75) is 6.92 Å². The largest absolute Gasteiger partial charge is 0.290 e. The molecule has 1 nitrogen and oxygen atoms in total. The number of fused-ring (bicyclic) bond motifs is 1. The Labute approximate surface area is 65.4 Å². The van der Waals surface area contributed by atoms with Crippen molar-refractivity contribution in [3.8, 4) is 0 Å². The Morgan fingerprint density at radius 2 is 1.82 bits per heavy atom. The summed E-state index contributed by atoms with van der Waals surface area (Å²) in [5.41, 5.74) is 3.42. The van der Waals surface area contributed by atoms with E-state index in [1.54, 1.807) is 12.2 Å². The lowest BCUT2D eigenvalue weighted by molar-refractivity contribution is -0.110. The Bertz CT molecular complexity index is 338. The Hall–Kier alpha value is -1.37. The highest BCUT2D eigenvalue weighted by Gasteiger charge is 2.11. The molecule has 54 valence electrons. The minimum atomic E-state index is 0.0862. The summed E-state index contributed by atoms with van der Waals surface area (Å²) in [6.07, 6.45) is 9.24. The van der Waals surface area contributed by atoms with E-state index in [9.17, 15) is 4.79 Å². The molecule has 0 atom stereocenters. The monoisotopic (exact) mass is 144 g/mol. The molecule has 0 radical (unpaired) electrons. The first-order valence-corrected chi connectivity index (χ1v) is 3.60. The van der Waals surface area contributed by atoms with Gasteiger partial charge in [-0.3, -0.25) is 4.79 Å². The van der Waals surface area contributed by atoms with Gasteiger partial charge in [-0.2, -0.15) is 0 Å². The zero-order chi connectivity index (χ0) is 7.84. The van der Waals surface area contributed by atoms with Gasteiger partial charge in [0.1, 0.15) is 0 Å². The first kappa shape index (κ1) is 6.35. The van der Waals surface area contributed by atoms with Crippen LogP contribution >= 0.6 is 0 Å². The highest BCUT2D eigenvalue weighted by molar-refractivity contribution is 6.03. The third-order valence-corrected chi connectivity index (χ3v) is 1.82. The number of carbonyl (C=O) groups is 1. The molecule has 0 aromatic rings. The van der Waals surface area contributed by atoms with Gasteiger partial charge >= 0.3 is 0 Å². The van der Waals surface area contributed by atoms with Crippen molar-refractivity contribution in [2.24, 2.45) is 0 Å². The average Bonchev–Trinajstić information content (AvgIpc) is 2.27. The van der Waals surface area contributed by atoms with Gasteiger partial charge in [0.25, 0.3) is 0 Å². The lowest BCUT2D eigenvalue weighted by Gasteiger charge is -2.01. The second-order valence-corrected chi connectivity index (χ2v) is 2.82. The van der Waals surface area contributed by atoms with Gasteiger partial charge in [-0.25, -0.2) is 0 Å². The molecule has 0 aliphatic heterocycles. The van der Waals surface area contributed by atoms with E-state index in [2.05, 4.69) is 6.08 Å². The maximum Gasteiger partial charge on any atom is 0.179 e.